The normalized spacial score (nSPS) is 10.8. The van der Waals surface area contributed by atoms with Crippen LogP contribution in [0.2, 0.25) is 0 Å². The van der Waals surface area contributed by atoms with Crippen molar-refractivity contribution in [2.75, 3.05) is 42.8 Å². The van der Waals surface area contributed by atoms with Crippen molar-refractivity contribution in [3.63, 3.8) is 0 Å². The quantitative estimate of drug-likeness (QED) is 0.0169. The van der Waals surface area contributed by atoms with E-state index in [9.17, 15) is 19.2 Å². The number of hydrogen-bond donors (Lipinski definition) is 1. The Morgan fingerprint density at radius 3 is 0.579 bits per heavy atom. The van der Waals surface area contributed by atoms with Crippen molar-refractivity contribution in [2.45, 2.75) is 299 Å². The summed E-state index contributed by atoms with van der Waals surface area (Å²) in [6.07, 6.45) is 45.2. The fourth-order valence-corrected chi connectivity index (χ4v) is 16.4. The maximum absolute atomic E-state index is 12.2. The fourth-order valence-electron chi connectivity index (χ4n) is 12.8. The van der Waals surface area contributed by atoms with Crippen LogP contribution in [-0.4, -0.2) is 71.8 Å². The summed E-state index contributed by atoms with van der Waals surface area (Å²) in [6, 6.07) is 65.0. The van der Waals surface area contributed by atoms with Crippen molar-refractivity contribution in [2.24, 2.45) is 0 Å². The molecule has 0 fully saturated rings. The molecule has 1 N–H and O–H groups in total. The standard InChI is InChI=1S/C28H40O2S.C27H38O2S.C26H36O2S.C21H26O2S/c1-3-5-7-9-10-12-22-30-28(29)26-16-14-24(15-17-26)25-18-20-27(21-19-25)31-23-13-11-8-6-4-2;1-3-5-7-9-10-11-21-29-27(28)25-15-13-23(14-16-25)24-17-19-26(20-18-24)30-22-12-8-6-4-2;1-3-5-7-8-9-10-20-28-26(27)24-14-12-22(13-15-24)23-16-18-25(19-17-23)29-21-11-6-4-2;1-2-3-4-5-6-7-16-24-20-14-12-18(13-15-20)17-8-10-19(11-9-17)21(22)23/h14-21H,3-13,22-23H2,1-2H3;13-20H,3-12,21-22H2,1-2H3;12-19H,3-11,20-21H2,1-2H3;8-15H,2-7,16H2,1H3,(H,22,23). The lowest BCUT2D eigenvalue weighted by molar-refractivity contribution is 0.0488. The Morgan fingerprint density at radius 1 is 0.211 bits per heavy atom. The van der Waals surface area contributed by atoms with Crippen LogP contribution in [0.3, 0.4) is 0 Å². The summed E-state index contributed by atoms with van der Waals surface area (Å²) < 4.78 is 16.2. The van der Waals surface area contributed by atoms with Crippen molar-refractivity contribution in [1.82, 2.24) is 0 Å². The van der Waals surface area contributed by atoms with Gasteiger partial charge in [0.1, 0.15) is 0 Å². The van der Waals surface area contributed by atoms with Crippen LogP contribution in [0.25, 0.3) is 44.5 Å². The Bertz CT molecular complexity index is 3730. The number of benzene rings is 8. The number of carbonyl (C=O) groups is 4. The summed E-state index contributed by atoms with van der Waals surface area (Å²) in [5, 5.41) is 8.94. The van der Waals surface area contributed by atoms with E-state index >= 15 is 0 Å². The first-order chi connectivity index (χ1) is 55.9. The molecular weight excluding hydrogens is 1480 g/mol. The molecule has 8 nitrogen and oxygen atoms in total. The molecule has 0 aliphatic rings. The van der Waals surface area contributed by atoms with Crippen LogP contribution >= 0.6 is 47.0 Å². The van der Waals surface area contributed by atoms with Gasteiger partial charge in [-0.2, -0.15) is 0 Å². The first kappa shape index (κ1) is 97.6. The summed E-state index contributed by atoms with van der Waals surface area (Å²) >= 11 is 7.72. The molecule has 0 unspecified atom stereocenters. The average molecular weight is 1620 g/mol. The number of ether oxygens (including phenoxy) is 3. The van der Waals surface area contributed by atoms with Crippen LogP contribution in [0.5, 0.6) is 0 Å². The molecule has 0 bridgehead atoms. The first-order valence-electron chi connectivity index (χ1n) is 44.0. The monoisotopic (exact) mass is 1620 g/mol. The highest BCUT2D eigenvalue weighted by Crippen LogP contribution is 2.31. The summed E-state index contributed by atoms with van der Waals surface area (Å²) in [5.41, 5.74) is 11.3. The van der Waals surface area contributed by atoms with E-state index in [0.29, 0.717) is 42.1 Å². The van der Waals surface area contributed by atoms with E-state index in [4.69, 9.17) is 19.3 Å². The van der Waals surface area contributed by atoms with E-state index < -0.39 is 5.97 Å². The van der Waals surface area contributed by atoms with Crippen molar-refractivity contribution >= 4 is 70.9 Å². The summed E-state index contributed by atoms with van der Waals surface area (Å²) in [6.45, 7) is 17.2. The molecule has 0 radical (unpaired) electrons. The number of aromatic carboxylic acids is 1. The predicted molar refractivity (Wildman–Crippen MR) is 494 cm³/mol. The molecule has 114 heavy (non-hydrogen) atoms. The first-order valence-corrected chi connectivity index (χ1v) is 48.0. The molecule has 0 amide bonds. The van der Waals surface area contributed by atoms with Crippen molar-refractivity contribution in [3.05, 3.63) is 216 Å². The van der Waals surface area contributed by atoms with Gasteiger partial charge in [-0.15, -0.1) is 47.0 Å². The molecule has 0 saturated carbocycles. The summed E-state index contributed by atoms with van der Waals surface area (Å²) in [5.74, 6) is 3.21. The zero-order chi connectivity index (χ0) is 81.5. The number of unbranched alkanes of at least 4 members (excludes halogenated alkanes) is 29. The highest BCUT2D eigenvalue weighted by atomic mass is 32.2. The molecule has 0 spiro atoms. The highest BCUT2D eigenvalue weighted by Gasteiger charge is 2.13. The minimum absolute atomic E-state index is 0.217. The van der Waals surface area contributed by atoms with E-state index in [1.165, 1.54) is 252 Å². The van der Waals surface area contributed by atoms with Crippen LogP contribution in [0, 0.1) is 0 Å². The average Bonchev–Trinajstić information content (AvgIpc) is 0.854. The SMILES string of the molecule is CCCCCCCCOC(=O)c1ccc(-c2ccc(SCCCCC)cc2)cc1.CCCCCCCCOC(=O)c1ccc(-c2ccc(SCCCCCC)cc2)cc1.CCCCCCCCOC(=O)c1ccc(-c2ccc(SCCCCCCC)cc2)cc1.CCCCCCCCSc1ccc(-c2ccc(C(=O)O)cc2)cc1. The Balaban J connectivity index is 0.000000272. The minimum Gasteiger partial charge on any atom is -0.478 e. The zero-order valence-corrected chi connectivity index (χ0v) is 74.1. The van der Waals surface area contributed by atoms with Crippen molar-refractivity contribution < 1.29 is 38.5 Å². The molecule has 620 valence electrons. The summed E-state index contributed by atoms with van der Waals surface area (Å²) in [4.78, 5) is 52.8. The van der Waals surface area contributed by atoms with E-state index in [0.717, 1.165) is 66.3 Å². The minimum atomic E-state index is -0.886. The van der Waals surface area contributed by atoms with Gasteiger partial charge in [-0.1, -0.05) is 332 Å². The molecule has 0 aliphatic carbocycles. The van der Waals surface area contributed by atoms with Crippen LogP contribution in [-0.2, 0) is 14.2 Å². The van der Waals surface area contributed by atoms with E-state index in [1.54, 1.807) is 12.1 Å². The molecule has 12 heteroatoms. The van der Waals surface area contributed by atoms with Gasteiger partial charge < -0.3 is 19.3 Å². The second-order valence-electron chi connectivity index (χ2n) is 29.8. The number of carbonyl (C=O) groups excluding carboxylic acids is 3. The molecule has 0 heterocycles. The Kier molecular flexibility index (Phi) is 54.9. The topological polar surface area (TPSA) is 116 Å². The molecule has 0 saturated heterocycles. The number of thioether (sulfide) groups is 4. The van der Waals surface area contributed by atoms with Gasteiger partial charge in [-0.3, -0.25) is 0 Å². The van der Waals surface area contributed by atoms with Gasteiger partial charge in [-0.25, -0.2) is 19.2 Å². The number of hydrogen-bond acceptors (Lipinski definition) is 11. The van der Waals surface area contributed by atoms with Crippen molar-refractivity contribution in [1.29, 1.82) is 0 Å². The maximum Gasteiger partial charge on any atom is 0.338 e. The van der Waals surface area contributed by atoms with Gasteiger partial charge in [0, 0.05) is 19.6 Å². The number of carboxylic acid groups (broad SMARTS) is 1. The lowest BCUT2D eigenvalue weighted by Crippen LogP contribution is -2.06. The van der Waals surface area contributed by atoms with Gasteiger partial charge in [0.2, 0.25) is 0 Å². The number of rotatable bonds is 55. The molecule has 8 rings (SSSR count). The molecule has 0 aliphatic heterocycles. The molecule has 8 aromatic carbocycles. The van der Waals surface area contributed by atoms with Crippen LogP contribution in [0.1, 0.15) is 321 Å². The second kappa shape index (κ2) is 64.2. The van der Waals surface area contributed by atoms with E-state index in [2.05, 4.69) is 146 Å². The van der Waals surface area contributed by atoms with Gasteiger partial charge in [0.15, 0.2) is 0 Å². The van der Waals surface area contributed by atoms with Crippen LogP contribution < -0.4 is 0 Å². The van der Waals surface area contributed by atoms with E-state index in [-0.39, 0.29) is 17.9 Å². The third-order valence-corrected chi connectivity index (χ3v) is 24.4. The third-order valence-electron chi connectivity index (χ3n) is 20.0. The van der Waals surface area contributed by atoms with Gasteiger partial charge in [0.05, 0.1) is 42.1 Å². The molecular formula is C102H140O8S4. The predicted octanol–water partition coefficient (Wildman–Crippen LogP) is 32.1. The Morgan fingerprint density at radius 2 is 0.368 bits per heavy atom. The Labute approximate surface area is 707 Å². The van der Waals surface area contributed by atoms with Gasteiger partial charge in [0.25, 0.3) is 0 Å². The maximum atomic E-state index is 12.2. The molecule has 8 aromatic rings. The van der Waals surface area contributed by atoms with Crippen molar-refractivity contribution in [3.8, 4) is 44.5 Å². The van der Waals surface area contributed by atoms with Gasteiger partial charge in [-0.05, 0) is 210 Å². The molecule has 0 aromatic heterocycles. The lowest BCUT2D eigenvalue weighted by Gasteiger charge is -2.07. The fraction of sp³-hybridized carbons (Fsp3) is 0.490. The lowest BCUT2D eigenvalue weighted by atomic mass is 10.0. The number of esters is 3. The number of carboxylic acids is 1. The van der Waals surface area contributed by atoms with Crippen LogP contribution in [0.15, 0.2) is 214 Å². The highest BCUT2D eigenvalue weighted by molar-refractivity contribution is 8.00. The van der Waals surface area contributed by atoms with E-state index in [1.807, 2.05) is 132 Å². The van der Waals surface area contributed by atoms with Gasteiger partial charge >= 0.3 is 23.9 Å². The molecule has 0 atom stereocenters. The Hall–Kier alpha value is -6.96. The third kappa shape index (κ3) is 43.3. The van der Waals surface area contributed by atoms with Crippen LogP contribution in [0.4, 0.5) is 0 Å². The smallest absolute Gasteiger partial charge is 0.338 e. The zero-order valence-electron chi connectivity index (χ0n) is 70.8. The largest absolute Gasteiger partial charge is 0.478 e. The second-order valence-corrected chi connectivity index (χ2v) is 34.4. The summed E-state index contributed by atoms with van der Waals surface area (Å²) in [7, 11) is 0.